The lowest BCUT2D eigenvalue weighted by Gasteiger charge is -2.02. The minimum absolute atomic E-state index is 0.212. The number of fused-ring (bicyclic) bond motifs is 1. The summed E-state index contributed by atoms with van der Waals surface area (Å²) in [5.74, 6) is -0.588. The zero-order valence-corrected chi connectivity index (χ0v) is 10.8. The first-order valence-electron chi connectivity index (χ1n) is 5.56. The number of methoxy groups -OCH3 is 2. The molecule has 0 aliphatic heterocycles. The summed E-state index contributed by atoms with van der Waals surface area (Å²) in [6.07, 6.45) is 2.89. The molecule has 0 saturated carbocycles. The number of carboxylic acid groups (broad SMARTS) is 1. The number of pyridine rings is 1. The highest BCUT2D eigenvalue weighted by Gasteiger charge is 2.16. The number of ether oxygens (including phenoxy) is 2. The third-order valence-electron chi connectivity index (χ3n) is 2.66. The fourth-order valence-corrected chi connectivity index (χ4v) is 1.76. The standard InChI is InChI=1S/C13H11N3O4/c1-19-10-4-3-5-16-9(6-8(7-14)13(17)18)12(20-2)15-11(10)16/h3-6H,1-2H3,(H,17,18)/b8-6+. The van der Waals surface area contributed by atoms with Gasteiger partial charge in [-0.3, -0.25) is 4.40 Å². The van der Waals surface area contributed by atoms with Gasteiger partial charge in [-0.15, -0.1) is 0 Å². The first-order chi connectivity index (χ1) is 9.62. The highest BCUT2D eigenvalue weighted by Crippen LogP contribution is 2.27. The Bertz CT molecular complexity index is 740. The second-order valence-corrected chi connectivity index (χ2v) is 3.75. The van der Waals surface area contributed by atoms with Crippen LogP contribution in [0.2, 0.25) is 0 Å². The van der Waals surface area contributed by atoms with Crippen LogP contribution in [0.5, 0.6) is 11.6 Å². The Morgan fingerprint density at radius 1 is 1.50 bits per heavy atom. The molecule has 2 aromatic heterocycles. The van der Waals surface area contributed by atoms with Crippen LogP contribution in [0.25, 0.3) is 11.7 Å². The Balaban J connectivity index is 2.75. The molecule has 2 rings (SSSR count). The van der Waals surface area contributed by atoms with Gasteiger partial charge in [0, 0.05) is 6.20 Å². The van der Waals surface area contributed by atoms with Crippen molar-refractivity contribution in [3.63, 3.8) is 0 Å². The first-order valence-corrected chi connectivity index (χ1v) is 5.56. The van der Waals surface area contributed by atoms with E-state index < -0.39 is 11.5 Å². The van der Waals surface area contributed by atoms with E-state index >= 15 is 0 Å². The fourth-order valence-electron chi connectivity index (χ4n) is 1.76. The third kappa shape index (κ3) is 2.14. The van der Waals surface area contributed by atoms with Crippen molar-refractivity contribution >= 4 is 17.7 Å². The van der Waals surface area contributed by atoms with Gasteiger partial charge in [-0.1, -0.05) is 0 Å². The normalized spacial score (nSPS) is 11.2. The van der Waals surface area contributed by atoms with E-state index in [0.717, 1.165) is 0 Å². The van der Waals surface area contributed by atoms with E-state index in [-0.39, 0.29) is 5.88 Å². The molecule has 2 heterocycles. The van der Waals surface area contributed by atoms with E-state index in [4.69, 9.17) is 19.8 Å². The van der Waals surface area contributed by atoms with Crippen LogP contribution in [-0.2, 0) is 4.79 Å². The molecule has 0 aliphatic carbocycles. The smallest absolute Gasteiger partial charge is 0.346 e. The van der Waals surface area contributed by atoms with Gasteiger partial charge in [0.2, 0.25) is 5.88 Å². The lowest BCUT2D eigenvalue weighted by molar-refractivity contribution is -0.132. The molecule has 0 radical (unpaired) electrons. The molecule has 2 aromatic rings. The van der Waals surface area contributed by atoms with E-state index in [2.05, 4.69) is 4.98 Å². The van der Waals surface area contributed by atoms with Crippen LogP contribution in [-0.4, -0.2) is 34.7 Å². The van der Waals surface area contributed by atoms with Crippen molar-refractivity contribution in [1.82, 2.24) is 9.38 Å². The molecule has 0 unspecified atom stereocenters. The highest BCUT2D eigenvalue weighted by molar-refractivity contribution is 5.96. The average Bonchev–Trinajstić information content (AvgIpc) is 2.81. The maximum Gasteiger partial charge on any atom is 0.346 e. The van der Waals surface area contributed by atoms with Crippen molar-refractivity contribution < 1.29 is 19.4 Å². The lowest BCUT2D eigenvalue weighted by Crippen LogP contribution is -1.99. The van der Waals surface area contributed by atoms with E-state index in [1.807, 2.05) is 0 Å². The number of imidazole rings is 1. The number of hydrogen-bond donors (Lipinski definition) is 1. The Hall–Kier alpha value is -3.01. The van der Waals surface area contributed by atoms with Crippen molar-refractivity contribution in [1.29, 1.82) is 5.26 Å². The zero-order valence-electron chi connectivity index (χ0n) is 10.8. The number of hydrogen-bond acceptors (Lipinski definition) is 5. The number of carboxylic acids is 1. The Kier molecular flexibility index (Phi) is 3.57. The van der Waals surface area contributed by atoms with Crippen LogP contribution in [0.1, 0.15) is 5.69 Å². The van der Waals surface area contributed by atoms with Gasteiger partial charge in [0.1, 0.15) is 17.3 Å². The summed E-state index contributed by atoms with van der Waals surface area (Å²) in [5, 5.41) is 17.8. The van der Waals surface area contributed by atoms with Gasteiger partial charge in [0.25, 0.3) is 0 Å². The van der Waals surface area contributed by atoms with Crippen molar-refractivity contribution in [3.8, 4) is 17.7 Å². The van der Waals surface area contributed by atoms with Gasteiger partial charge >= 0.3 is 5.97 Å². The van der Waals surface area contributed by atoms with E-state index in [1.54, 1.807) is 28.8 Å². The molecule has 7 heteroatoms. The Morgan fingerprint density at radius 2 is 2.25 bits per heavy atom. The summed E-state index contributed by atoms with van der Waals surface area (Å²) >= 11 is 0. The quantitative estimate of drug-likeness (QED) is 0.667. The Labute approximate surface area is 114 Å². The van der Waals surface area contributed by atoms with Crippen molar-refractivity contribution in [3.05, 3.63) is 29.6 Å². The molecule has 0 spiro atoms. The monoisotopic (exact) mass is 273 g/mol. The predicted octanol–water partition coefficient (Wildman–Crippen LogP) is 1.34. The van der Waals surface area contributed by atoms with E-state index in [0.29, 0.717) is 17.1 Å². The summed E-state index contributed by atoms with van der Waals surface area (Å²) in [7, 11) is 2.92. The number of nitrogens with zero attached hydrogens (tertiary/aromatic N) is 3. The molecule has 0 amide bonds. The SMILES string of the molecule is COc1nc2c(OC)cccn2c1/C=C(\C#N)C(=O)O. The molecule has 0 saturated heterocycles. The molecule has 7 nitrogen and oxygen atoms in total. The molecule has 0 aliphatic rings. The molecule has 102 valence electrons. The largest absolute Gasteiger partial charge is 0.493 e. The minimum Gasteiger partial charge on any atom is -0.493 e. The van der Waals surface area contributed by atoms with Crippen LogP contribution in [0.15, 0.2) is 23.9 Å². The van der Waals surface area contributed by atoms with E-state index in [9.17, 15) is 4.79 Å². The number of rotatable bonds is 4. The van der Waals surface area contributed by atoms with Crippen LogP contribution >= 0.6 is 0 Å². The molecule has 0 atom stereocenters. The van der Waals surface area contributed by atoms with Gasteiger partial charge < -0.3 is 14.6 Å². The van der Waals surface area contributed by atoms with Gasteiger partial charge in [-0.25, -0.2) is 4.79 Å². The number of carbonyl (C=O) groups is 1. The molecule has 0 fully saturated rings. The summed E-state index contributed by atoms with van der Waals surface area (Å²) in [5.41, 5.74) is 0.425. The highest BCUT2D eigenvalue weighted by atomic mass is 16.5. The second-order valence-electron chi connectivity index (χ2n) is 3.75. The molecule has 0 bridgehead atoms. The summed E-state index contributed by atoms with van der Waals surface area (Å²) in [4.78, 5) is 15.1. The third-order valence-corrected chi connectivity index (χ3v) is 2.66. The predicted molar refractivity (Wildman–Crippen MR) is 69.5 cm³/mol. The maximum atomic E-state index is 10.9. The maximum absolute atomic E-state index is 10.9. The van der Waals surface area contributed by atoms with E-state index in [1.165, 1.54) is 20.3 Å². The van der Waals surface area contributed by atoms with Crippen molar-refractivity contribution in [2.45, 2.75) is 0 Å². The number of nitriles is 1. The van der Waals surface area contributed by atoms with Crippen LogP contribution < -0.4 is 9.47 Å². The van der Waals surface area contributed by atoms with Crippen molar-refractivity contribution in [2.24, 2.45) is 0 Å². The van der Waals surface area contributed by atoms with Gasteiger partial charge in [0.05, 0.1) is 14.2 Å². The van der Waals surface area contributed by atoms with Crippen molar-refractivity contribution in [2.75, 3.05) is 14.2 Å². The molecular weight excluding hydrogens is 262 g/mol. The molecule has 1 N–H and O–H groups in total. The number of aliphatic carboxylic acids is 1. The summed E-state index contributed by atoms with van der Waals surface area (Å²) < 4.78 is 11.9. The molecular formula is C13H11N3O4. The van der Waals surface area contributed by atoms with Crippen LogP contribution in [0.3, 0.4) is 0 Å². The van der Waals surface area contributed by atoms with Crippen LogP contribution in [0, 0.1) is 11.3 Å². The minimum atomic E-state index is -1.31. The first kappa shape index (κ1) is 13.4. The molecule has 0 aromatic carbocycles. The zero-order chi connectivity index (χ0) is 14.7. The Morgan fingerprint density at radius 3 is 2.80 bits per heavy atom. The summed E-state index contributed by atoms with van der Waals surface area (Å²) in [6.45, 7) is 0. The average molecular weight is 273 g/mol. The van der Waals surface area contributed by atoms with Gasteiger partial charge in [0.15, 0.2) is 11.4 Å². The molecule has 20 heavy (non-hydrogen) atoms. The number of aromatic nitrogens is 2. The lowest BCUT2D eigenvalue weighted by atomic mass is 10.2. The fraction of sp³-hybridized carbons (Fsp3) is 0.154. The van der Waals surface area contributed by atoms with Gasteiger partial charge in [-0.05, 0) is 18.2 Å². The van der Waals surface area contributed by atoms with Crippen LogP contribution in [0.4, 0.5) is 0 Å². The second kappa shape index (κ2) is 5.32. The topological polar surface area (TPSA) is 96.9 Å². The van der Waals surface area contributed by atoms with Gasteiger partial charge in [-0.2, -0.15) is 10.2 Å². The summed E-state index contributed by atoms with van der Waals surface area (Å²) in [6, 6.07) is 5.06.